The SMILES string of the molecule is COc1ccccc1-c1ccncc1.Cl. The van der Waals surface area contributed by atoms with Gasteiger partial charge in [0.25, 0.3) is 0 Å². The van der Waals surface area contributed by atoms with Crippen LogP contribution < -0.4 is 4.74 Å². The van der Waals surface area contributed by atoms with Gasteiger partial charge in [-0.15, -0.1) is 12.4 Å². The van der Waals surface area contributed by atoms with Crippen LogP contribution >= 0.6 is 12.4 Å². The summed E-state index contributed by atoms with van der Waals surface area (Å²) in [6.45, 7) is 0. The maximum atomic E-state index is 5.28. The highest BCUT2D eigenvalue weighted by molar-refractivity contribution is 5.85. The Labute approximate surface area is 95.3 Å². The van der Waals surface area contributed by atoms with Crippen LogP contribution in [0.3, 0.4) is 0 Å². The molecule has 0 aliphatic heterocycles. The molecule has 0 saturated heterocycles. The molecule has 78 valence electrons. The summed E-state index contributed by atoms with van der Waals surface area (Å²) in [6, 6.07) is 11.9. The number of aromatic nitrogens is 1. The monoisotopic (exact) mass is 221 g/mol. The Balaban J connectivity index is 0.00000112. The number of hydrogen-bond donors (Lipinski definition) is 0. The Morgan fingerprint density at radius 3 is 2.33 bits per heavy atom. The van der Waals surface area contributed by atoms with Gasteiger partial charge in [-0.05, 0) is 23.8 Å². The van der Waals surface area contributed by atoms with Gasteiger partial charge in [0.15, 0.2) is 0 Å². The molecule has 0 unspecified atom stereocenters. The summed E-state index contributed by atoms with van der Waals surface area (Å²) in [5.74, 6) is 0.888. The van der Waals surface area contributed by atoms with Crippen molar-refractivity contribution in [2.24, 2.45) is 0 Å². The van der Waals surface area contributed by atoms with E-state index in [9.17, 15) is 0 Å². The zero-order valence-corrected chi connectivity index (χ0v) is 9.20. The van der Waals surface area contributed by atoms with E-state index in [1.165, 1.54) is 0 Å². The van der Waals surface area contributed by atoms with Gasteiger partial charge in [0, 0.05) is 18.0 Å². The van der Waals surface area contributed by atoms with Crippen LogP contribution in [0.15, 0.2) is 48.8 Å². The van der Waals surface area contributed by atoms with Crippen LogP contribution in [0.4, 0.5) is 0 Å². The Morgan fingerprint density at radius 1 is 1.00 bits per heavy atom. The summed E-state index contributed by atoms with van der Waals surface area (Å²) >= 11 is 0. The number of benzene rings is 1. The smallest absolute Gasteiger partial charge is 0.126 e. The highest BCUT2D eigenvalue weighted by Gasteiger charge is 2.02. The lowest BCUT2D eigenvalue weighted by Crippen LogP contribution is -1.86. The summed E-state index contributed by atoms with van der Waals surface area (Å²) in [5.41, 5.74) is 2.22. The number of para-hydroxylation sites is 1. The summed E-state index contributed by atoms with van der Waals surface area (Å²) in [5, 5.41) is 0. The molecule has 0 N–H and O–H groups in total. The predicted molar refractivity (Wildman–Crippen MR) is 63.5 cm³/mol. The van der Waals surface area contributed by atoms with E-state index in [0.29, 0.717) is 0 Å². The summed E-state index contributed by atoms with van der Waals surface area (Å²) in [4.78, 5) is 3.99. The number of methoxy groups -OCH3 is 1. The zero-order valence-electron chi connectivity index (χ0n) is 8.38. The van der Waals surface area contributed by atoms with E-state index in [2.05, 4.69) is 4.98 Å². The van der Waals surface area contributed by atoms with Crippen LogP contribution in [0.5, 0.6) is 5.75 Å². The molecule has 2 aromatic rings. The van der Waals surface area contributed by atoms with Crippen LogP contribution in [0.2, 0.25) is 0 Å². The summed E-state index contributed by atoms with van der Waals surface area (Å²) in [6.07, 6.45) is 3.56. The van der Waals surface area contributed by atoms with Crippen molar-refractivity contribution in [3.05, 3.63) is 48.8 Å². The molecule has 0 aliphatic rings. The van der Waals surface area contributed by atoms with E-state index in [1.54, 1.807) is 19.5 Å². The van der Waals surface area contributed by atoms with Crippen LogP contribution in [0, 0.1) is 0 Å². The number of hydrogen-bond acceptors (Lipinski definition) is 2. The van der Waals surface area contributed by atoms with Crippen LogP contribution in [-0.2, 0) is 0 Å². The summed E-state index contributed by atoms with van der Waals surface area (Å²) in [7, 11) is 1.68. The third kappa shape index (κ3) is 2.48. The minimum atomic E-state index is 0. The second-order valence-electron chi connectivity index (χ2n) is 2.94. The molecular formula is C12H12ClNO. The third-order valence-electron chi connectivity index (χ3n) is 2.10. The molecule has 0 fully saturated rings. The fourth-order valence-corrected chi connectivity index (χ4v) is 1.41. The van der Waals surface area contributed by atoms with E-state index in [1.807, 2.05) is 36.4 Å². The molecule has 0 aliphatic carbocycles. The molecule has 1 aromatic heterocycles. The Kier molecular flexibility index (Phi) is 4.13. The molecule has 0 bridgehead atoms. The first-order chi connectivity index (χ1) is 6.92. The van der Waals surface area contributed by atoms with Gasteiger partial charge in [0.05, 0.1) is 7.11 Å². The van der Waals surface area contributed by atoms with Gasteiger partial charge < -0.3 is 4.74 Å². The molecule has 2 nitrogen and oxygen atoms in total. The van der Waals surface area contributed by atoms with Gasteiger partial charge in [-0.2, -0.15) is 0 Å². The second kappa shape index (κ2) is 5.37. The molecule has 3 heteroatoms. The number of pyridine rings is 1. The highest BCUT2D eigenvalue weighted by atomic mass is 35.5. The van der Waals surface area contributed by atoms with Gasteiger partial charge in [0.2, 0.25) is 0 Å². The first-order valence-electron chi connectivity index (χ1n) is 4.45. The zero-order chi connectivity index (χ0) is 9.80. The van der Waals surface area contributed by atoms with Gasteiger partial charge in [0.1, 0.15) is 5.75 Å². The lowest BCUT2D eigenvalue weighted by atomic mass is 10.1. The minimum absolute atomic E-state index is 0. The van der Waals surface area contributed by atoms with Crippen molar-refractivity contribution in [2.45, 2.75) is 0 Å². The second-order valence-corrected chi connectivity index (χ2v) is 2.94. The molecule has 0 spiro atoms. The maximum Gasteiger partial charge on any atom is 0.126 e. The lowest BCUT2D eigenvalue weighted by Gasteiger charge is -2.07. The largest absolute Gasteiger partial charge is 0.496 e. The van der Waals surface area contributed by atoms with Gasteiger partial charge in [-0.3, -0.25) is 4.98 Å². The van der Waals surface area contributed by atoms with Crippen LogP contribution in [-0.4, -0.2) is 12.1 Å². The standard InChI is InChI=1S/C12H11NO.ClH/c1-14-12-5-3-2-4-11(12)10-6-8-13-9-7-10;/h2-9H,1H3;1H. The molecule has 0 amide bonds. The molecular weight excluding hydrogens is 210 g/mol. The molecule has 15 heavy (non-hydrogen) atoms. The van der Waals surface area contributed by atoms with Gasteiger partial charge in [-0.25, -0.2) is 0 Å². The number of halogens is 1. The average molecular weight is 222 g/mol. The number of rotatable bonds is 2. The van der Waals surface area contributed by atoms with Crippen molar-refractivity contribution in [3.8, 4) is 16.9 Å². The molecule has 1 heterocycles. The molecule has 0 saturated carbocycles. The van der Waals surface area contributed by atoms with E-state index in [0.717, 1.165) is 16.9 Å². The predicted octanol–water partition coefficient (Wildman–Crippen LogP) is 3.18. The molecule has 2 rings (SSSR count). The Hall–Kier alpha value is -1.54. The molecule has 1 aromatic carbocycles. The normalized spacial score (nSPS) is 9.13. The van der Waals surface area contributed by atoms with Crippen LogP contribution in [0.1, 0.15) is 0 Å². The van der Waals surface area contributed by atoms with Crippen molar-refractivity contribution >= 4 is 12.4 Å². The van der Waals surface area contributed by atoms with Gasteiger partial charge in [-0.1, -0.05) is 18.2 Å². The van der Waals surface area contributed by atoms with E-state index >= 15 is 0 Å². The van der Waals surface area contributed by atoms with Crippen molar-refractivity contribution in [3.63, 3.8) is 0 Å². The minimum Gasteiger partial charge on any atom is -0.496 e. The Morgan fingerprint density at radius 2 is 1.67 bits per heavy atom. The first-order valence-corrected chi connectivity index (χ1v) is 4.45. The first kappa shape index (κ1) is 11.5. The quantitative estimate of drug-likeness (QED) is 0.777. The van der Waals surface area contributed by atoms with Crippen molar-refractivity contribution < 1.29 is 4.74 Å². The summed E-state index contributed by atoms with van der Waals surface area (Å²) < 4.78 is 5.28. The number of nitrogens with zero attached hydrogens (tertiary/aromatic N) is 1. The van der Waals surface area contributed by atoms with Gasteiger partial charge >= 0.3 is 0 Å². The van der Waals surface area contributed by atoms with Crippen LogP contribution in [0.25, 0.3) is 11.1 Å². The fraction of sp³-hybridized carbons (Fsp3) is 0.0833. The molecule has 0 atom stereocenters. The topological polar surface area (TPSA) is 22.1 Å². The third-order valence-corrected chi connectivity index (χ3v) is 2.10. The highest BCUT2D eigenvalue weighted by Crippen LogP contribution is 2.28. The number of ether oxygens (including phenoxy) is 1. The van der Waals surface area contributed by atoms with Crippen molar-refractivity contribution in [2.75, 3.05) is 7.11 Å². The molecule has 0 radical (unpaired) electrons. The van der Waals surface area contributed by atoms with Crippen molar-refractivity contribution in [1.29, 1.82) is 0 Å². The maximum absolute atomic E-state index is 5.28. The Bertz CT molecular complexity index is 417. The van der Waals surface area contributed by atoms with E-state index in [-0.39, 0.29) is 12.4 Å². The van der Waals surface area contributed by atoms with E-state index in [4.69, 9.17) is 4.74 Å². The van der Waals surface area contributed by atoms with Crippen molar-refractivity contribution in [1.82, 2.24) is 4.98 Å². The fourth-order valence-electron chi connectivity index (χ4n) is 1.41. The average Bonchev–Trinajstić information content (AvgIpc) is 2.30. The lowest BCUT2D eigenvalue weighted by molar-refractivity contribution is 0.416. The van der Waals surface area contributed by atoms with E-state index < -0.39 is 0 Å².